The van der Waals surface area contributed by atoms with Crippen molar-refractivity contribution in [1.29, 1.82) is 0 Å². The lowest BCUT2D eigenvalue weighted by Gasteiger charge is -2.04. The van der Waals surface area contributed by atoms with E-state index in [1.807, 2.05) is 4.98 Å². The fraction of sp³-hybridized carbons (Fsp3) is 0.0833. The topological polar surface area (TPSA) is 71.9 Å². The van der Waals surface area contributed by atoms with Gasteiger partial charge < -0.3 is 0 Å². The Bertz CT molecular complexity index is 732. The third-order valence-electron chi connectivity index (χ3n) is 2.45. The Balaban J connectivity index is 2.29. The third kappa shape index (κ3) is 3.13. The maximum absolute atomic E-state index is 11.9. The number of ketones is 1. The highest BCUT2D eigenvalue weighted by molar-refractivity contribution is 6.30. The van der Waals surface area contributed by atoms with Crippen LogP contribution in [0, 0.1) is 0 Å². The predicted octanol–water partition coefficient (Wildman–Crippen LogP) is 1.73. The van der Waals surface area contributed by atoms with Gasteiger partial charge in [0.1, 0.15) is 5.02 Å². The molecule has 19 heavy (non-hydrogen) atoms. The number of carbonyl (C=O) groups is 1. The lowest BCUT2D eigenvalue weighted by molar-refractivity contribution is 0.0970. The van der Waals surface area contributed by atoms with Gasteiger partial charge in [0.05, 0.1) is 6.54 Å². The second-order valence-electron chi connectivity index (χ2n) is 3.79. The second-order valence-corrected chi connectivity index (χ2v) is 4.64. The van der Waals surface area contributed by atoms with Crippen LogP contribution in [0.5, 0.6) is 0 Å². The first-order valence-electron chi connectivity index (χ1n) is 5.25. The predicted molar refractivity (Wildman–Crippen MR) is 72.1 cm³/mol. The van der Waals surface area contributed by atoms with Crippen LogP contribution in [0.1, 0.15) is 10.4 Å². The van der Waals surface area contributed by atoms with Gasteiger partial charge in [-0.25, -0.2) is 4.79 Å². The Hall–Kier alpha value is -1.85. The average Bonchev–Trinajstić information content (AvgIpc) is 2.36. The molecule has 0 aliphatic heterocycles. The maximum atomic E-state index is 11.9. The number of rotatable bonds is 3. The summed E-state index contributed by atoms with van der Waals surface area (Å²) in [6, 6.07) is 6.28. The summed E-state index contributed by atoms with van der Waals surface area (Å²) in [5.41, 5.74) is -0.947. The molecule has 0 amide bonds. The Labute approximate surface area is 117 Å². The van der Waals surface area contributed by atoms with Crippen LogP contribution in [-0.2, 0) is 6.54 Å². The van der Waals surface area contributed by atoms with Gasteiger partial charge >= 0.3 is 5.69 Å². The standard InChI is InChI=1S/C12H8Cl2N2O3/c13-8-3-1-7(2-4-8)10(17)6-16-5-9(14)11(18)15-12(16)19/h1-5H,6H2,(H,15,18,19). The molecule has 0 unspecified atom stereocenters. The second kappa shape index (κ2) is 5.42. The van der Waals surface area contributed by atoms with Crippen molar-refractivity contribution in [2.24, 2.45) is 0 Å². The molecule has 2 rings (SSSR count). The highest BCUT2D eigenvalue weighted by atomic mass is 35.5. The van der Waals surface area contributed by atoms with Crippen molar-refractivity contribution in [2.45, 2.75) is 6.54 Å². The van der Waals surface area contributed by atoms with E-state index in [2.05, 4.69) is 0 Å². The molecule has 0 spiro atoms. The molecular weight excluding hydrogens is 291 g/mol. The van der Waals surface area contributed by atoms with Crippen LogP contribution in [0.15, 0.2) is 40.1 Å². The Morgan fingerprint density at radius 3 is 2.42 bits per heavy atom. The van der Waals surface area contributed by atoms with Crippen molar-refractivity contribution in [1.82, 2.24) is 9.55 Å². The number of aromatic amines is 1. The Morgan fingerprint density at radius 2 is 1.79 bits per heavy atom. The van der Waals surface area contributed by atoms with Gasteiger partial charge in [0.25, 0.3) is 5.56 Å². The van der Waals surface area contributed by atoms with Gasteiger partial charge in [0, 0.05) is 16.8 Å². The van der Waals surface area contributed by atoms with Crippen molar-refractivity contribution >= 4 is 29.0 Å². The average molecular weight is 299 g/mol. The van der Waals surface area contributed by atoms with Gasteiger partial charge in [0.15, 0.2) is 5.78 Å². The molecule has 0 saturated heterocycles. The zero-order valence-corrected chi connectivity index (χ0v) is 11.0. The van der Waals surface area contributed by atoms with E-state index in [0.717, 1.165) is 10.8 Å². The van der Waals surface area contributed by atoms with Crippen LogP contribution in [0.3, 0.4) is 0 Å². The van der Waals surface area contributed by atoms with Crippen LogP contribution in [0.25, 0.3) is 0 Å². The fourth-order valence-corrected chi connectivity index (χ4v) is 1.77. The van der Waals surface area contributed by atoms with Crippen LogP contribution in [-0.4, -0.2) is 15.3 Å². The highest BCUT2D eigenvalue weighted by Gasteiger charge is 2.09. The first kappa shape index (κ1) is 13.6. The van der Waals surface area contributed by atoms with Gasteiger partial charge in [-0.1, -0.05) is 23.2 Å². The molecule has 1 N–H and O–H groups in total. The maximum Gasteiger partial charge on any atom is 0.328 e. The van der Waals surface area contributed by atoms with Crippen LogP contribution in [0.2, 0.25) is 10.0 Å². The molecule has 1 aromatic carbocycles. The largest absolute Gasteiger partial charge is 0.328 e. The number of benzene rings is 1. The number of Topliss-reactive ketones (excluding diaryl/α,β-unsaturated/α-hetero) is 1. The summed E-state index contributed by atoms with van der Waals surface area (Å²) >= 11 is 11.3. The van der Waals surface area contributed by atoms with Gasteiger partial charge in [-0.15, -0.1) is 0 Å². The normalized spacial score (nSPS) is 10.4. The first-order chi connectivity index (χ1) is 8.97. The van der Waals surface area contributed by atoms with E-state index >= 15 is 0 Å². The molecular formula is C12H8Cl2N2O3. The number of hydrogen-bond donors (Lipinski definition) is 1. The van der Waals surface area contributed by atoms with E-state index in [0.29, 0.717) is 10.6 Å². The molecule has 0 fully saturated rings. The van der Waals surface area contributed by atoms with E-state index < -0.39 is 11.2 Å². The van der Waals surface area contributed by atoms with E-state index in [4.69, 9.17) is 23.2 Å². The van der Waals surface area contributed by atoms with Gasteiger partial charge in [-0.3, -0.25) is 19.1 Å². The first-order valence-corrected chi connectivity index (χ1v) is 6.01. The number of halogens is 2. The highest BCUT2D eigenvalue weighted by Crippen LogP contribution is 2.10. The summed E-state index contributed by atoms with van der Waals surface area (Å²) in [7, 11) is 0. The summed E-state index contributed by atoms with van der Waals surface area (Å²) in [6.07, 6.45) is 1.14. The quantitative estimate of drug-likeness (QED) is 0.877. The Kier molecular flexibility index (Phi) is 3.87. The molecule has 0 atom stereocenters. The minimum absolute atomic E-state index is 0.150. The number of H-pyrrole nitrogens is 1. The van der Waals surface area contributed by atoms with Gasteiger partial charge in [-0.05, 0) is 24.3 Å². The van der Waals surface area contributed by atoms with Crippen LogP contribution >= 0.6 is 23.2 Å². The number of aromatic nitrogens is 2. The summed E-state index contributed by atoms with van der Waals surface area (Å²) < 4.78 is 1.04. The molecule has 1 aromatic heterocycles. The van der Waals surface area contributed by atoms with Gasteiger partial charge in [-0.2, -0.15) is 0 Å². The van der Waals surface area contributed by atoms with Crippen LogP contribution < -0.4 is 11.2 Å². The smallest absolute Gasteiger partial charge is 0.292 e. The van der Waals surface area contributed by atoms with Crippen molar-refractivity contribution in [3.05, 3.63) is 66.9 Å². The number of nitrogens with zero attached hydrogens (tertiary/aromatic N) is 1. The molecule has 0 aliphatic carbocycles. The lowest BCUT2D eigenvalue weighted by Crippen LogP contribution is -2.31. The van der Waals surface area contributed by atoms with Crippen molar-refractivity contribution in [3.63, 3.8) is 0 Å². The van der Waals surface area contributed by atoms with Gasteiger partial charge in [0.2, 0.25) is 0 Å². The summed E-state index contributed by atoms with van der Waals surface area (Å²) in [6.45, 7) is -0.211. The zero-order chi connectivity index (χ0) is 14.0. The number of carbonyl (C=O) groups excluding carboxylic acids is 1. The summed E-state index contributed by atoms with van der Waals surface area (Å²) in [5, 5.41) is 0.365. The SMILES string of the molecule is O=C(Cn1cc(Cl)c(=O)[nH]c1=O)c1ccc(Cl)cc1. The van der Waals surface area contributed by atoms with E-state index in [1.54, 1.807) is 24.3 Å². The van der Waals surface area contributed by atoms with E-state index in [1.165, 1.54) is 0 Å². The molecule has 2 aromatic rings. The van der Waals surface area contributed by atoms with Crippen molar-refractivity contribution < 1.29 is 4.79 Å². The molecule has 0 bridgehead atoms. The number of nitrogens with one attached hydrogen (secondary N) is 1. The Morgan fingerprint density at radius 1 is 1.16 bits per heavy atom. The minimum Gasteiger partial charge on any atom is -0.292 e. The zero-order valence-electron chi connectivity index (χ0n) is 9.52. The summed E-state index contributed by atoms with van der Waals surface area (Å²) in [5.74, 6) is -0.290. The minimum atomic E-state index is -0.684. The molecule has 98 valence electrons. The summed E-state index contributed by atoms with van der Waals surface area (Å²) in [4.78, 5) is 36.5. The molecule has 1 heterocycles. The number of hydrogen-bond acceptors (Lipinski definition) is 3. The molecule has 0 aliphatic rings. The molecule has 0 radical (unpaired) electrons. The monoisotopic (exact) mass is 298 g/mol. The third-order valence-corrected chi connectivity index (χ3v) is 2.97. The molecule has 7 heteroatoms. The van der Waals surface area contributed by atoms with E-state index in [-0.39, 0.29) is 17.4 Å². The lowest BCUT2D eigenvalue weighted by atomic mass is 10.1. The van der Waals surface area contributed by atoms with E-state index in [9.17, 15) is 14.4 Å². The van der Waals surface area contributed by atoms with Crippen molar-refractivity contribution in [2.75, 3.05) is 0 Å². The fourth-order valence-electron chi connectivity index (χ4n) is 1.48. The van der Waals surface area contributed by atoms with Crippen LogP contribution in [0.4, 0.5) is 0 Å². The van der Waals surface area contributed by atoms with Crippen molar-refractivity contribution in [3.8, 4) is 0 Å². The molecule has 0 saturated carbocycles. The molecule has 5 nitrogen and oxygen atoms in total.